The molecule has 0 bridgehead atoms. The Kier molecular flexibility index (Phi) is 5.32. The van der Waals surface area contributed by atoms with E-state index < -0.39 is 34.3 Å². The molecule has 0 spiro atoms. The number of ether oxygens (including phenoxy) is 1. The van der Waals surface area contributed by atoms with Crippen LogP contribution in [-0.4, -0.2) is 13.1 Å². The number of methoxy groups -OCH3 is 1. The number of carbonyl (C=O) groups excluding carboxylic acids is 1. The van der Waals surface area contributed by atoms with E-state index in [1.54, 1.807) is 30.3 Å². The predicted octanol–water partition coefficient (Wildman–Crippen LogP) is 4.99. The van der Waals surface area contributed by atoms with Gasteiger partial charge in [-0.15, -0.1) is 0 Å². The summed E-state index contributed by atoms with van der Waals surface area (Å²) in [4.78, 5) is 13.2. The zero-order valence-corrected chi connectivity index (χ0v) is 14.5. The fourth-order valence-corrected chi connectivity index (χ4v) is 4.63. The van der Waals surface area contributed by atoms with Crippen molar-refractivity contribution in [1.29, 1.82) is 0 Å². The third kappa shape index (κ3) is 3.75. The quantitative estimate of drug-likeness (QED) is 0.475. The highest BCUT2D eigenvalue weighted by atomic mass is 32.2. The van der Waals surface area contributed by atoms with Crippen molar-refractivity contribution in [3.8, 4) is 0 Å². The summed E-state index contributed by atoms with van der Waals surface area (Å²) in [6.07, 6.45) is 0. The molecule has 0 fully saturated rings. The number of hydrogen-bond acceptors (Lipinski definition) is 2. The molecule has 3 aromatic rings. The molecule has 0 aliphatic rings. The number of rotatable bonds is 4. The van der Waals surface area contributed by atoms with Gasteiger partial charge in [-0.25, -0.2) is 18.0 Å². The van der Waals surface area contributed by atoms with E-state index in [1.807, 2.05) is 0 Å². The minimum Gasteiger partial charge on any atom is -0.465 e. The van der Waals surface area contributed by atoms with Crippen LogP contribution in [0.1, 0.15) is 10.4 Å². The Hall–Kier alpha value is -2.73. The van der Waals surface area contributed by atoms with Gasteiger partial charge >= 0.3 is 5.97 Å². The Bertz CT molecular complexity index is 914. The van der Waals surface area contributed by atoms with E-state index in [0.717, 1.165) is 0 Å². The van der Waals surface area contributed by atoms with Crippen molar-refractivity contribution in [2.24, 2.45) is 0 Å². The molecule has 132 valence electrons. The molecule has 0 unspecified atom stereocenters. The van der Waals surface area contributed by atoms with Crippen molar-refractivity contribution in [3.63, 3.8) is 0 Å². The van der Waals surface area contributed by atoms with Crippen molar-refractivity contribution in [2.75, 3.05) is 7.11 Å². The maximum absolute atomic E-state index is 14.4. The normalized spacial score (nSPS) is 10.8. The fourth-order valence-electron chi connectivity index (χ4n) is 2.49. The number of halogens is 3. The van der Waals surface area contributed by atoms with E-state index in [0.29, 0.717) is 14.7 Å². The van der Waals surface area contributed by atoms with Gasteiger partial charge in [0, 0.05) is 18.2 Å². The van der Waals surface area contributed by atoms with E-state index in [4.69, 9.17) is 0 Å². The molecular weight excluding hydrogens is 361 g/mol. The van der Waals surface area contributed by atoms with Crippen LogP contribution in [0.5, 0.6) is 0 Å². The summed E-state index contributed by atoms with van der Waals surface area (Å²) in [7, 11) is 0.225. The van der Waals surface area contributed by atoms with Gasteiger partial charge in [0.2, 0.25) is 0 Å². The molecule has 0 amide bonds. The minimum absolute atomic E-state index is 0.196. The Morgan fingerprint density at radius 1 is 0.808 bits per heavy atom. The summed E-state index contributed by atoms with van der Waals surface area (Å²) < 4.78 is 46.4. The summed E-state index contributed by atoms with van der Waals surface area (Å²) in [5, 5.41) is 0. The predicted molar refractivity (Wildman–Crippen MR) is 92.7 cm³/mol. The zero-order valence-electron chi connectivity index (χ0n) is 13.7. The lowest BCUT2D eigenvalue weighted by molar-refractivity contribution is 0.0595. The number of carbonyl (C=O) groups is 1. The van der Waals surface area contributed by atoms with E-state index in [1.165, 1.54) is 43.5 Å². The molecule has 0 atom stereocenters. The van der Waals surface area contributed by atoms with Gasteiger partial charge in [0.25, 0.3) is 0 Å². The molecule has 2 nitrogen and oxygen atoms in total. The standard InChI is InChI=1S/C20H14F3O2S/c1-25-20(24)18-9-8-17(12-19(18)23)26(15-6-2-4-13(21)10-15)16-7-3-5-14(22)11-16/h2-12H,1H3/q+1. The van der Waals surface area contributed by atoms with Gasteiger partial charge < -0.3 is 4.74 Å². The summed E-state index contributed by atoms with van der Waals surface area (Å²) >= 11 is 0. The summed E-state index contributed by atoms with van der Waals surface area (Å²) in [5.41, 5.74) is -0.196. The summed E-state index contributed by atoms with van der Waals surface area (Å²) in [6, 6.07) is 15.8. The van der Waals surface area contributed by atoms with Crippen LogP contribution in [0, 0.1) is 17.5 Å². The summed E-state index contributed by atoms with van der Waals surface area (Å²) in [5.74, 6) is -2.42. The Balaban J connectivity index is 2.15. The first-order valence-electron chi connectivity index (χ1n) is 7.63. The third-order valence-electron chi connectivity index (χ3n) is 3.65. The average Bonchev–Trinajstić information content (AvgIpc) is 2.62. The second kappa shape index (κ2) is 7.66. The van der Waals surface area contributed by atoms with Crippen LogP contribution in [0.25, 0.3) is 0 Å². The van der Waals surface area contributed by atoms with Gasteiger partial charge in [0.05, 0.1) is 23.6 Å². The molecule has 0 aromatic heterocycles. The molecule has 0 aliphatic carbocycles. The molecule has 3 rings (SSSR count). The van der Waals surface area contributed by atoms with Crippen molar-refractivity contribution >= 4 is 16.9 Å². The van der Waals surface area contributed by atoms with Gasteiger partial charge in [-0.1, -0.05) is 12.1 Å². The largest absolute Gasteiger partial charge is 0.465 e. The summed E-state index contributed by atoms with van der Waals surface area (Å²) in [6.45, 7) is 0. The molecule has 6 heteroatoms. The molecule has 0 heterocycles. The Morgan fingerprint density at radius 2 is 1.35 bits per heavy atom. The first-order valence-corrected chi connectivity index (χ1v) is 8.85. The second-order valence-corrected chi connectivity index (χ2v) is 7.38. The number of hydrogen-bond donors (Lipinski definition) is 0. The maximum Gasteiger partial charge on any atom is 0.340 e. The van der Waals surface area contributed by atoms with E-state index >= 15 is 0 Å². The monoisotopic (exact) mass is 375 g/mol. The Morgan fingerprint density at radius 3 is 1.81 bits per heavy atom. The molecule has 0 saturated carbocycles. The van der Waals surface area contributed by atoms with Crippen LogP contribution in [0.3, 0.4) is 0 Å². The molecule has 26 heavy (non-hydrogen) atoms. The fraction of sp³-hybridized carbons (Fsp3) is 0.0500. The van der Waals surface area contributed by atoms with Crippen LogP contribution < -0.4 is 0 Å². The molecule has 0 N–H and O–H groups in total. The average molecular weight is 375 g/mol. The molecule has 0 radical (unpaired) electrons. The number of benzene rings is 3. The van der Waals surface area contributed by atoms with Crippen LogP contribution in [0.2, 0.25) is 0 Å². The van der Waals surface area contributed by atoms with Crippen molar-refractivity contribution in [3.05, 3.63) is 89.7 Å². The van der Waals surface area contributed by atoms with Gasteiger partial charge in [0.15, 0.2) is 14.7 Å². The van der Waals surface area contributed by atoms with Crippen LogP contribution in [-0.2, 0) is 15.6 Å². The Labute approximate surface area is 151 Å². The first-order chi connectivity index (χ1) is 12.5. The van der Waals surface area contributed by atoms with Crippen LogP contribution >= 0.6 is 0 Å². The highest BCUT2D eigenvalue weighted by molar-refractivity contribution is 7.97. The highest BCUT2D eigenvalue weighted by Gasteiger charge is 2.31. The van der Waals surface area contributed by atoms with Gasteiger partial charge in [0.1, 0.15) is 17.5 Å². The lowest BCUT2D eigenvalue weighted by Gasteiger charge is -2.09. The zero-order chi connectivity index (χ0) is 18.7. The minimum atomic E-state index is -0.941. The molecule has 3 aromatic carbocycles. The third-order valence-corrected chi connectivity index (χ3v) is 5.82. The van der Waals surface area contributed by atoms with E-state index in [-0.39, 0.29) is 5.56 Å². The molecule has 0 saturated heterocycles. The highest BCUT2D eigenvalue weighted by Crippen LogP contribution is 2.32. The van der Waals surface area contributed by atoms with Crippen molar-refractivity contribution in [1.82, 2.24) is 0 Å². The van der Waals surface area contributed by atoms with Crippen LogP contribution in [0.4, 0.5) is 13.2 Å². The maximum atomic E-state index is 14.4. The first kappa shape index (κ1) is 18.1. The lowest BCUT2D eigenvalue weighted by atomic mass is 10.2. The van der Waals surface area contributed by atoms with Crippen molar-refractivity contribution in [2.45, 2.75) is 14.7 Å². The van der Waals surface area contributed by atoms with Crippen LogP contribution in [0.15, 0.2) is 81.4 Å². The molecular formula is C20H14F3O2S+. The number of esters is 1. The van der Waals surface area contributed by atoms with Gasteiger partial charge in [-0.2, -0.15) is 0 Å². The SMILES string of the molecule is COC(=O)c1ccc([S+](c2cccc(F)c2)c2cccc(F)c2)cc1F. The smallest absolute Gasteiger partial charge is 0.340 e. The van der Waals surface area contributed by atoms with E-state index in [2.05, 4.69) is 4.74 Å². The second-order valence-electron chi connectivity index (χ2n) is 5.35. The van der Waals surface area contributed by atoms with Gasteiger partial charge in [-0.05, 0) is 36.4 Å². The topological polar surface area (TPSA) is 26.3 Å². The van der Waals surface area contributed by atoms with Gasteiger partial charge in [-0.3, -0.25) is 0 Å². The molecule has 0 aliphatic heterocycles. The lowest BCUT2D eigenvalue weighted by Crippen LogP contribution is -2.09. The van der Waals surface area contributed by atoms with Crippen molar-refractivity contribution < 1.29 is 22.7 Å². The van der Waals surface area contributed by atoms with E-state index in [9.17, 15) is 18.0 Å².